The number of methoxy groups -OCH3 is 1. The highest BCUT2D eigenvalue weighted by molar-refractivity contribution is 9.10. The molecule has 0 aliphatic carbocycles. The van der Waals surface area contributed by atoms with Gasteiger partial charge in [0.15, 0.2) is 5.16 Å². The molecule has 0 saturated heterocycles. The summed E-state index contributed by atoms with van der Waals surface area (Å²) in [7, 11) is 1.60. The Hall–Kier alpha value is -2.32. The Morgan fingerprint density at radius 1 is 1.23 bits per heavy atom. The molecular formula is C22H24BrN3O3S. The molecule has 158 valence electrons. The van der Waals surface area contributed by atoms with Gasteiger partial charge in [0.05, 0.1) is 23.3 Å². The van der Waals surface area contributed by atoms with Crippen molar-refractivity contribution in [2.24, 2.45) is 5.92 Å². The highest BCUT2D eigenvalue weighted by Gasteiger charge is 2.26. The Morgan fingerprint density at radius 2 is 1.93 bits per heavy atom. The van der Waals surface area contributed by atoms with E-state index in [0.717, 1.165) is 10.2 Å². The van der Waals surface area contributed by atoms with Crippen molar-refractivity contribution in [1.82, 2.24) is 9.55 Å². The van der Waals surface area contributed by atoms with Crippen molar-refractivity contribution in [1.29, 1.82) is 0 Å². The third-order valence-corrected chi connectivity index (χ3v) is 6.68. The summed E-state index contributed by atoms with van der Waals surface area (Å²) in [4.78, 5) is 30.7. The van der Waals surface area contributed by atoms with E-state index in [0.29, 0.717) is 28.3 Å². The Morgan fingerprint density at radius 3 is 2.53 bits per heavy atom. The van der Waals surface area contributed by atoms with Gasteiger partial charge in [-0.3, -0.25) is 14.2 Å². The van der Waals surface area contributed by atoms with Crippen LogP contribution in [0.2, 0.25) is 0 Å². The summed E-state index contributed by atoms with van der Waals surface area (Å²) in [6, 6.07) is 12.6. The van der Waals surface area contributed by atoms with Gasteiger partial charge in [-0.05, 0) is 55.3 Å². The minimum Gasteiger partial charge on any atom is -0.497 e. The number of fused-ring (bicyclic) bond motifs is 1. The minimum absolute atomic E-state index is 0.0380. The van der Waals surface area contributed by atoms with E-state index in [1.54, 1.807) is 42.0 Å². The van der Waals surface area contributed by atoms with Gasteiger partial charge in [0.1, 0.15) is 5.75 Å². The molecule has 3 rings (SSSR count). The summed E-state index contributed by atoms with van der Waals surface area (Å²) in [5, 5.41) is 3.64. The first-order valence-corrected chi connectivity index (χ1v) is 11.3. The predicted molar refractivity (Wildman–Crippen MR) is 125 cm³/mol. The maximum Gasteiger partial charge on any atom is 0.262 e. The van der Waals surface area contributed by atoms with Gasteiger partial charge in [0.25, 0.3) is 5.56 Å². The van der Waals surface area contributed by atoms with E-state index in [1.807, 2.05) is 32.9 Å². The van der Waals surface area contributed by atoms with Gasteiger partial charge in [0, 0.05) is 16.7 Å². The lowest BCUT2D eigenvalue weighted by atomic mass is 10.1. The molecule has 0 saturated carbocycles. The fraction of sp³-hybridized carbons (Fsp3) is 0.318. The van der Waals surface area contributed by atoms with Crippen LogP contribution in [0.1, 0.15) is 20.8 Å². The molecule has 30 heavy (non-hydrogen) atoms. The first-order chi connectivity index (χ1) is 14.3. The van der Waals surface area contributed by atoms with Gasteiger partial charge in [-0.25, -0.2) is 4.98 Å². The summed E-state index contributed by atoms with van der Waals surface area (Å²) in [5.74, 6) is 0.630. The fourth-order valence-corrected chi connectivity index (χ4v) is 4.55. The lowest BCUT2D eigenvalue weighted by Gasteiger charge is -2.21. The van der Waals surface area contributed by atoms with Crippen LogP contribution >= 0.6 is 27.7 Å². The maximum absolute atomic E-state index is 13.0. The van der Waals surface area contributed by atoms with Crippen LogP contribution in [0.4, 0.5) is 5.69 Å². The fourth-order valence-electron chi connectivity index (χ4n) is 3.04. The number of nitrogens with zero attached hydrogens (tertiary/aromatic N) is 2. The number of hydrogen-bond donors (Lipinski definition) is 1. The molecule has 0 aliphatic heterocycles. The summed E-state index contributed by atoms with van der Waals surface area (Å²) in [6.45, 7) is 6.34. The Balaban J connectivity index is 1.92. The molecule has 2 aromatic carbocycles. The summed E-state index contributed by atoms with van der Waals surface area (Å²) in [6.07, 6.45) is 0. The van der Waals surface area contributed by atoms with Gasteiger partial charge in [-0.1, -0.05) is 41.5 Å². The molecule has 0 radical (unpaired) electrons. The van der Waals surface area contributed by atoms with Crippen molar-refractivity contribution in [2.75, 3.05) is 12.4 Å². The third kappa shape index (κ3) is 4.87. The second kappa shape index (κ2) is 9.66. The molecule has 1 aromatic heterocycles. The number of nitrogens with one attached hydrogen (secondary N) is 1. The SMILES string of the molecule is CCn1c(SC(C(=O)Nc2ccc(OC)cc2)C(C)C)nc2ccc(Br)cc2c1=O. The van der Waals surface area contributed by atoms with Crippen molar-refractivity contribution < 1.29 is 9.53 Å². The zero-order valence-corrected chi connectivity index (χ0v) is 19.7. The molecular weight excluding hydrogens is 466 g/mol. The van der Waals surface area contributed by atoms with Crippen molar-refractivity contribution >= 4 is 50.2 Å². The number of benzene rings is 2. The highest BCUT2D eigenvalue weighted by atomic mass is 79.9. The van der Waals surface area contributed by atoms with E-state index < -0.39 is 5.25 Å². The highest BCUT2D eigenvalue weighted by Crippen LogP contribution is 2.29. The molecule has 0 aliphatic rings. The van der Waals surface area contributed by atoms with Crippen LogP contribution < -0.4 is 15.6 Å². The van der Waals surface area contributed by atoms with Crippen molar-refractivity contribution in [2.45, 2.75) is 37.7 Å². The van der Waals surface area contributed by atoms with E-state index in [4.69, 9.17) is 9.72 Å². The van der Waals surface area contributed by atoms with Crippen molar-refractivity contribution in [3.05, 3.63) is 57.3 Å². The number of anilines is 1. The van der Waals surface area contributed by atoms with Gasteiger partial charge in [-0.15, -0.1) is 0 Å². The number of halogens is 1. The van der Waals surface area contributed by atoms with Crippen LogP contribution in [0.3, 0.4) is 0 Å². The Bertz CT molecular complexity index is 1110. The first-order valence-electron chi connectivity index (χ1n) is 9.65. The van der Waals surface area contributed by atoms with E-state index in [-0.39, 0.29) is 17.4 Å². The number of aromatic nitrogens is 2. The molecule has 1 atom stereocenters. The Kier molecular flexibility index (Phi) is 7.20. The van der Waals surface area contributed by atoms with Gasteiger partial charge < -0.3 is 10.1 Å². The standard InChI is InChI=1S/C22H24BrN3O3S/c1-5-26-21(28)17-12-14(23)6-11-18(17)25-22(26)30-19(13(2)3)20(27)24-15-7-9-16(29-4)10-8-15/h6-13,19H,5H2,1-4H3,(H,24,27). The number of carbonyl (C=O) groups excluding carboxylic acids is 1. The Labute approximate surface area is 188 Å². The quantitative estimate of drug-likeness (QED) is 0.375. The number of thioether (sulfide) groups is 1. The monoisotopic (exact) mass is 489 g/mol. The van der Waals surface area contributed by atoms with Gasteiger partial charge in [-0.2, -0.15) is 0 Å². The van der Waals surface area contributed by atoms with Crippen LogP contribution in [0.15, 0.2) is 56.9 Å². The molecule has 3 aromatic rings. The molecule has 6 nitrogen and oxygen atoms in total. The second-order valence-electron chi connectivity index (χ2n) is 7.11. The number of ether oxygens (including phenoxy) is 1. The number of hydrogen-bond acceptors (Lipinski definition) is 5. The van der Waals surface area contributed by atoms with Crippen molar-refractivity contribution in [3.63, 3.8) is 0 Å². The van der Waals surface area contributed by atoms with E-state index in [9.17, 15) is 9.59 Å². The number of amides is 1. The van der Waals surface area contributed by atoms with E-state index in [2.05, 4.69) is 21.2 Å². The first kappa shape index (κ1) is 22.4. The van der Waals surface area contributed by atoms with E-state index in [1.165, 1.54) is 11.8 Å². The number of rotatable bonds is 7. The second-order valence-corrected chi connectivity index (χ2v) is 9.13. The summed E-state index contributed by atoms with van der Waals surface area (Å²) in [5.41, 5.74) is 1.20. The lowest BCUT2D eigenvalue weighted by molar-refractivity contribution is -0.116. The molecule has 1 amide bonds. The molecule has 0 fully saturated rings. The molecule has 1 unspecified atom stereocenters. The molecule has 8 heteroatoms. The topological polar surface area (TPSA) is 73.2 Å². The molecule has 0 bridgehead atoms. The smallest absolute Gasteiger partial charge is 0.262 e. The van der Waals surface area contributed by atoms with Crippen LogP contribution in [0, 0.1) is 5.92 Å². The minimum atomic E-state index is -0.412. The van der Waals surface area contributed by atoms with Crippen LogP contribution in [0.25, 0.3) is 10.9 Å². The zero-order chi connectivity index (χ0) is 21.8. The predicted octanol–water partition coefficient (Wildman–Crippen LogP) is 4.94. The average Bonchev–Trinajstić information content (AvgIpc) is 2.73. The largest absolute Gasteiger partial charge is 0.497 e. The third-order valence-electron chi connectivity index (χ3n) is 4.65. The summed E-state index contributed by atoms with van der Waals surface area (Å²) < 4.78 is 7.61. The van der Waals surface area contributed by atoms with Crippen LogP contribution in [-0.4, -0.2) is 27.8 Å². The normalized spacial score (nSPS) is 12.2. The lowest BCUT2D eigenvalue weighted by Crippen LogP contribution is -2.31. The van der Waals surface area contributed by atoms with Crippen molar-refractivity contribution in [3.8, 4) is 5.75 Å². The molecule has 1 N–H and O–H groups in total. The van der Waals surface area contributed by atoms with E-state index >= 15 is 0 Å². The number of carbonyl (C=O) groups is 1. The molecule has 1 heterocycles. The van der Waals surface area contributed by atoms with Crippen LogP contribution in [0.5, 0.6) is 5.75 Å². The molecule has 0 spiro atoms. The maximum atomic E-state index is 13.0. The van der Waals surface area contributed by atoms with Gasteiger partial charge in [0.2, 0.25) is 5.91 Å². The van der Waals surface area contributed by atoms with Crippen LogP contribution in [-0.2, 0) is 11.3 Å². The average molecular weight is 490 g/mol. The van der Waals surface area contributed by atoms with Gasteiger partial charge >= 0.3 is 0 Å². The zero-order valence-electron chi connectivity index (χ0n) is 17.3. The summed E-state index contributed by atoms with van der Waals surface area (Å²) >= 11 is 4.73.